The molecular weight excluding hydrogens is 429 g/mol. The van der Waals surface area contributed by atoms with Crippen molar-refractivity contribution in [3.63, 3.8) is 0 Å². The van der Waals surface area contributed by atoms with Crippen molar-refractivity contribution in [2.24, 2.45) is 4.99 Å². The van der Waals surface area contributed by atoms with Crippen LogP contribution in [0.4, 0.5) is 0 Å². The highest BCUT2D eigenvalue weighted by Gasteiger charge is 2.12. The summed E-state index contributed by atoms with van der Waals surface area (Å²) >= 11 is 5.93. The quantitative estimate of drug-likeness (QED) is 0.418. The molecule has 1 atom stereocenters. The normalized spacial score (nSPS) is 12.4. The van der Waals surface area contributed by atoms with Gasteiger partial charge in [0, 0.05) is 25.7 Å². The third-order valence-electron chi connectivity index (χ3n) is 3.23. The van der Waals surface area contributed by atoms with Crippen molar-refractivity contribution in [3.8, 4) is 0 Å². The van der Waals surface area contributed by atoms with Crippen LogP contribution in [0.25, 0.3) is 0 Å². The van der Waals surface area contributed by atoms with E-state index < -0.39 is 6.10 Å². The van der Waals surface area contributed by atoms with E-state index in [9.17, 15) is 5.11 Å². The largest absolute Gasteiger partial charge is 0.467 e. The van der Waals surface area contributed by atoms with Crippen LogP contribution in [0, 0.1) is 0 Å². The second-order valence-corrected chi connectivity index (χ2v) is 5.37. The van der Waals surface area contributed by atoms with E-state index in [0.717, 1.165) is 11.3 Å². The van der Waals surface area contributed by atoms with Crippen LogP contribution in [-0.2, 0) is 6.54 Å². The predicted molar refractivity (Wildman–Crippen MR) is 103 cm³/mol. The lowest BCUT2D eigenvalue weighted by Gasteiger charge is -2.22. The lowest BCUT2D eigenvalue weighted by atomic mass is 10.1. The molecule has 0 aliphatic rings. The summed E-state index contributed by atoms with van der Waals surface area (Å²) < 4.78 is 5.32. The minimum absolute atomic E-state index is 0. The maximum absolute atomic E-state index is 10.2. The molecule has 0 aliphatic carbocycles. The van der Waals surface area contributed by atoms with Gasteiger partial charge in [0.15, 0.2) is 5.96 Å². The minimum Gasteiger partial charge on any atom is -0.467 e. The first-order valence-electron chi connectivity index (χ1n) is 6.98. The smallest absolute Gasteiger partial charge is 0.193 e. The molecule has 0 spiro atoms. The highest BCUT2D eigenvalue weighted by Crippen LogP contribution is 2.17. The van der Waals surface area contributed by atoms with Gasteiger partial charge in [0.2, 0.25) is 0 Å². The second kappa shape index (κ2) is 9.79. The van der Waals surface area contributed by atoms with E-state index in [1.54, 1.807) is 25.4 Å². The third kappa shape index (κ3) is 6.04. The van der Waals surface area contributed by atoms with Crippen molar-refractivity contribution in [1.82, 2.24) is 10.2 Å². The van der Waals surface area contributed by atoms with Gasteiger partial charge in [0.25, 0.3) is 0 Å². The average Bonchev–Trinajstić information content (AvgIpc) is 3.00. The molecule has 2 rings (SSSR count). The fourth-order valence-corrected chi connectivity index (χ4v) is 2.31. The Hall–Kier alpha value is -1.25. The molecule has 1 heterocycles. The van der Waals surface area contributed by atoms with Crippen LogP contribution in [0.15, 0.2) is 52.1 Å². The van der Waals surface area contributed by atoms with E-state index in [-0.39, 0.29) is 24.0 Å². The number of aliphatic hydroxyl groups is 1. The molecule has 1 aromatic heterocycles. The topological polar surface area (TPSA) is 61.0 Å². The van der Waals surface area contributed by atoms with Gasteiger partial charge in [-0.05, 0) is 29.8 Å². The third-order valence-corrected chi connectivity index (χ3v) is 3.47. The standard InChI is InChI=1S/C16H20ClN3O2.HI/c1-18-16(20(2)11-14-7-4-8-22-14)19-10-15(21)12-5-3-6-13(17)9-12;/h3-9,15,21H,10-11H2,1-2H3,(H,18,19);1H. The van der Waals surface area contributed by atoms with Gasteiger partial charge in [-0.2, -0.15) is 0 Å². The van der Waals surface area contributed by atoms with E-state index in [1.165, 1.54) is 0 Å². The first-order chi connectivity index (χ1) is 10.6. The summed E-state index contributed by atoms with van der Waals surface area (Å²) in [6, 6.07) is 10.9. The van der Waals surface area contributed by atoms with Crippen LogP contribution in [0.2, 0.25) is 5.02 Å². The molecule has 2 aromatic rings. The number of rotatable bonds is 5. The van der Waals surface area contributed by atoms with Crippen molar-refractivity contribution in [2.75, 3.05) is 20.6 Å². The zero-order chi connectivity index (χ0) is 15.9. The van der Waals surface area contributed by atoms with Crippen LogP contribution in [0.3, 0.4) is 0 Å². The molecular formula is C16H21ClIN3O2. The predicted octanol–water partition coefficient (Wildman–Crippen LogP) is 3.29. The SMILES string of the molecule is CN=C(NCC(O)c1cccc(Cl)c1)N(C)Cc1ccco1.I. The number of furan rings is 1. The molecule has 0 bridgehead atoms. The summed E-state index contributed by atoms with van der Waals surface area (Å²) in [6.07, 6.45) is 0.981. The molecule has 2 N–H and O–H groups in total. The Morgan fingerprint density at radius 3 is 2.78 bits per heavy atom. The molecule has 0 fully saturated rings. The van der Waals surface area contributed by atoms with Gasteiger partial charge in [-0.25, -0.2) is 0 Å². The average molecular weight is 450 g/mol. The first kappa shape index (κ1) is 19.8. The maximum Gasteiger partial charge on any atom is 0.193 e. The monoisotopic (exact) mass is 449 g/mol. The minimum atomic E-state index is -0.660. The summed E-state index contributed by atoms with van der Waals surface area (Å²) in [4.78, 5) is 6.12. The Labute approximate surface area is 158 Å². The lowest BCUT2D eigenvalue weighted by molar-refractivity contribution is 0.179. The molecule has 126 valence electrons. The molecule has 1 unspecified atom stereocenters. The van der Waals surface area contributed by atoms with Crippen molar-refractivity contribution in [1.29, 1.82) is 0 Å². The molecule has 0 saturated carbocycles. The molecule has 0 aliphatic heterocycles. The number of hydrogen-bond donors (Lipinski definition) is 2. The Balaban J connectivity index is 0.00000264. The highest BCUT2D eigenvalue weighted by molar-refractivity contribution is 14.0. The summed E-state index contributed by atoms with van der Waals surface area (Å²) in [6.45, 7) is 0.940. The zero-order valence-electron chi connectivity index (χ0n) is 13.1. The van der Waals surface area contributed by atoms with Crippen molar-refractivity contribution >= 4 is 41.5 Å². The summed E-state index contributed by atoms with van der Waals surface area (Å²) in [7, 11) is 3.61. The van der Waals surface area contributed by atoms with Gasteiger partial charge in [0.05, 0.1) is 18.9 Å². The van der Waals surface area contributed by atoms with E-state index in [0.29, 0.717) is 24.1 Å². The maximum atomic E-state index is 10.2. The van der Waals surface area contributed by atoms with Crippen molar-refractivity contribution < 1.29 is 9.52 Å². The first-order valence-corrected chi connectivity index (χ1v) is 7.35. The van der Waals surface area contributed by atoms with Crippen molar-refractivity contribution in [3.05, 3.63) is 59.0 Å². The molecule has 23 heavy (non-hydrogen) atoms. The van der Waals surface area contributed by atoms with Crippen LogP contribution >= 0.6 is 35.6 Å². The van der Waals surface area contributed by atoms with E-state index in [4.69, 9.17) is 16.0 Å². The highest BCUT2D eigenvalue weighted by atomic mass is 127. The Bertz CT molecular complexity index is 620. The number of nitrogens with one attached hydrogen (secondary N) is 1. The van der Waals surface area contributed by atoms with Gasteiger partial charge in [-0.15, -0.1) is 24.0 Å². The zero-order valence-corrected chi connectivity index (χ0v) is 16.2. The molecule has 7 heteroatoms. The van der Waals surface area contributed by atoms with Crippen LogP contribution in [-0.4, -0.2) is 36.6 Å². The molecule has 1 aromatic carbocycles. The summed E-state index contributed by atoms with van der Waals surface area (Å²) in [5, 5.41) is 14.0. The molecule has 0 amide bonds. The van der Waals surface area contributed by atoms with Gasteiger partial charge in [-0.1, -0.05) is 23.7 Å². The van der Waals surface area contributed by atoms with Gasteiger partial charge >= 0.3 is 0 Å². The van der Waals surface area contributed by atoms with E-state index in [2.05, 4.69) is 10.3 Å². The van der Waals surface area contributed by atoms with Gasteiger partial charge in [0.1, 0.15) is 5.76 Å². The Morgan fingerprint density at radius 2 is 2.17 bits per heavy atom. The lowest BCUT2D eigenvalue weighted by Crippen LogP contribution is -2.40. The Kier molecular flexibility index (Phi) is 8.43. The number of benzene rings is 1. The summed E-state index contributed by atoms with van der Waals surface area (Å²) in [5.74, 6) is 1.53. The number of guanidine groups is 1. The van der Waals surface area contributed by atoms with Gasteiger partial charge in [-0.3, -0.25) is 4.99 Å². The molecule has 0 radical (unpaired) electrons. The number of aliphatic hydroxyl groups excluding tert-OH is 1. The van der Waals surface area contributed by atoms with E-state index >= 15 is 0 Å². The number of halogens is 2. The van der Waals surface area contributed by atoms with Crippen molar-refractivity contribution in [2.45, 2.75) is 12.6 Å². The van der Waals surface area contributed by atoms with Crippen LogP contribution in [0.5, 0.6) is 0 Å². The number of hydrogen-bond acceptors (Lipinski definition) is 3. The Morgan fingerprint density at radius 1 is 1.39 bits per heavy atom. The molecule has 0 saturated heterocycles. The molecule has 5 nitrogen and oxygen atoms in total. The van der Waals surface area contributed by atoms with Gasteiger partial charge < -0.3 is 19.7 Å². The van der Waals surface area contributed by atoms with Crippen LogP contribution < -0.4 is 5.32 Å². The summed E-state index contributed by atoms with van der Waals surface area (Å²) in [5.41, 5.74) is 0.768. The van der Waals surface area contributed by atoms with Crippen LogP contribution in [0.1, 0.15) is 17.4 Å². The fourth-order valence-electron chi connectivity index (χ4n) is 2.12. The second-order valence-electron chi connectivity index (χ2n) is 4.93. The van der Waals surface area contributed by atoms with E-state index in [1.807, 2.05) is 36.2 Å². The number of aliphatic imine (C=N–C) groups is 1. The number of nitrogens with zero attached hydrogens (tertiary/aromatic N) is 2. The fraction of sp³-hybridized carbons (Fsp3) is 0.312.